The van der Waals surface area contributed by atoms with E-state index in [0.717, 1.165) is 0 Å². The van der Waals surface area contributed by atoms with Crippen LogP contribution in [0.5, 0.6) is 0 Å². The SMILES string of the molecule is C.C.O=Cc1cnc(Cl)c(Cl)c1.OCc1cnc(Cl)c(Cl)c1.[O]=[Mn]=[O]. The second-order valence-electron chi connectivity index (χ2n) is 3.50. The van der Waals surface area contributed by atoms with E-state index in [2.05, 4.69) is 9.97 Å². The van der Waals surface area contributed by atoms with E-state index in [4.69, 9.17) is 59.2 Å². The van der Waals surface area contributed by atoms with Crippen LogP contribution in [0.2, 0.25) is 20.4 Å². The van der Waals surface area contributed by atoms with Crippen molar-refractivity contribution in [1.82, 2.24) is 9.97 Å². The van der Waals surface area contributed by atoms with Gasteiger partial charge in [0.25, 0.3) is 0 Å². The number of carbonyl (C=O) groups is 1. The minimum absolute atomic E-state index is 0. The van der Waals surface area contributed by atoms with E-state index in [1.54, 1.807) is 6.07 Å². The molecule has 0 unspecified atom stereocenters. The maximum absolute atomic E-state index is 10.1. The van der Waals surface area contributed by atoms with Crippen molar-refractivity contribution in [1.29, 1.82) is 0 Å². The fraction of sp³-hybridized carbons (Fsp3) is 0.214. The van der Waals surface area contributed by atoms with E-state index in [0.29, 0.717) is 27.5 Å². The molecule has 0 spiro atoms. The van der Waals surface area contributed by atoms with E-state index in [-0.39, 0.29) is 31.8 Å². The molecule has 0 bridgehead atoms. The van der Waals surface area contributed by atoms with Gasteiger partial charge in [-0.1, -0.05) is 61.3 Å². The molecule has 141 valence electrons. The van der Waals surface area contributed by atoms with Gasteiger partial charge in [-0.2, -0.15) is 0 Å². The van der Waals surface area contributed by atoms with Crippen molar-refractivity contribution in [3.63, 3.8) is 0 Å². The van der Waals surface area contributed by atoms with Crippen molar-refractivity contribution in [2.24, 2.45) is 0 Å². The molecule has 2 aromatic heterocycles. The molecule has 2 heterocycles. The Morgan fingerprint density at radius 2 is 1.40 bits per heavy atom. The zero-order chi connectivity index (χ0) is 17.8. The van der Waals surface area contributed by atoms with Crippen molar-refractivity contribution in [2.75, 3.05) is 0 Å². The summed E-state index contributed by atoms with van der Waals surface area (Å²) in [6.07, 6.45) is 3.50. The zero-order valence-electron chi connectivity index (χ0n) is 11.1. The molecule has 2 rings (SSSR count). The van der Waals surface area contributed by atoms with E-state index in [1.165, 1.54) is 18.5 Å². The fourth-order valence-electron chi connectivity index (χ4n) is 1.05. The van der Waals surface area contributed by atoms with Crippen LogP contribution in [0.25, 0.3) is 0 Å². The minimum atomic E-state index is -1.44. The van der Waals surface area contributed by atoms with Crippen LogP contribution in [0, 0.1) is 0 Å². The van der Waals surface area contributed by atoms with Crippen LogP contribution in [0.1, 0.15) is 30.8 Å². The van der Waals surface area contributed by atoms with E-state index in [1.807, 2.05) is 0 Å². The standard InChI is InChI=1S/C6H5Cl2NO.C6H3Cl2NO.2CH4.Mn.2O/c2*7-5-1-4(3-10)2-9-6(5)8;;;;;/h1-2,10H,3H2;1-3H;2*1H4;;;. The molecule has 0 aromatic carbocycles. The van der Waals surface area contributed by atoms with Gasteiger partial charge in [0.2, 0.25) is 0 Å². The topological polar surface area (TPSA) is 97.2 Å². The van der Waals surface area contributed by atoms with Crippen molar-refractivity contribution in [2.45, 2.75) is 21.5 Å². The van der Waals surface area contributed by atoms with E-state index in [9.17, 15) is 4.79 Å². The quantitative estimate of drug-likeness (QED) is 0.370. The third-order valence-electron chi connectivity index (χ3n) is 1.99. The van der Waals surface area contributed by atoms with Gasteiger partial charge in [-0.05, 0) is 17.7 Å². The van der Waals surface area contributed by atoms with E-state index < -0.39 is 14.8 Å². The molecule has 0 aliphatic rings. The summed E-state index contributed by atoms with van der Waals surface area (Å²) in [5, 5.41) is 9.76. The predicted molar refractivity (Wildman–Crippen MR) is 94.7 cm³/mol. The number of aliphatic hydroxyl groups excluding tert-OH is 1. The van der Waals surface area contributed by atoms with Gasteiger partial charge in [-0.3, -0.25) is 4.79 Å². The van der Waals surface area contributed by atoms with E-state index >= 15 is 0 Å². The van der Waals surface area contributed by atoms with Crippen molar-refractivity contribution >= 4 is 52.7 Å². The molecule has 0 saturated carbocycles. The van der Waals surface area contributed by atoms with Crippen molar-refractivity contribution in [3.8, 4) is 0 Å². The van der Waals surface area contributed by atoms with Crippen molar-refractivity contribution < 1.29 is 32.4 Å². The van der Waals surface area contributed by atoms with Crippen LogP contribution >= 0.6 is 46.4 Å². The second-order valence-corrected chi connectivity index (χ2v) is 5.22. The summed E-state index contributed by atoms with van der Waals surface area (Å²) < 4.78 is 16.8. The molecule has 6 nitrogen and oxygen atoms in total. The van der Waals surface area contributed by atoms with Gasteiger partial charge in [0, 0.05) is 18.0 Å². The van der Waals surface area contributed by atoms with Gasteiger partial charge in [0.1, 0.15) is 10.3 Å². The Kier molecular flexibility index (Phi) is 19.3. The Morgan fingerprint density at radius 3 is 1.76 bits per heavy atom. The summed E-state index contributed by atoms with van der Waals surface area (Å²) in [5.41, 5.74) is 1.09. The molecule has 0 radical (unpaired) electrons. The van der Waals surface area contributed by atoms with Gasteiger partial charge in [-0.15, -0.1) is 0 Å². The number of aliphatic hydroxyl groups is 1. The molecule has 1 N–H and O–H groups in total. The Labute approximate surface area is 172 Å². The summed E-state index contributed by atoms with van der Waals surface area (Å²) in [6, 6.07) is 3.04. The van der Waals surface area contributed by atoms with Crippen LogP contribution < -0.4 is 0 Å². The van der Waals surface area contributed by atoms with Gasteiger partial charge in [-0.25, -0.2) is 9.97 Å². The first-order valence-electron chi connectivity index (χ1n) is 5.45. The molecule has 0 saturated heterocycles. The Morgan fingerprint density at radius 1 is 0.960 bits per heavy atom. The first-order valence-corrected chi connectivity index (χ1v) is 7.93. The summed E-state index contributed by atoms with van der Waals surface area (Å²) in [5.74, 6) is 0. The zero-order valence-corrected chi connectivity index (χ0v) is 15.3. The van der Waals surface area contributed by atoms with Gasteiger partial charge < -0.3 is 5.11 Å². The summed E-state index contributed by atoms with van der Waals surface area (Å²) >= 11 is 20.7. The molecule has 0 amide bonds. The molecule has 0 aliphatic heterocycles. The molecule has 2 aromatic rings. The maximum atomic E-state index is 10.1. The first kappa shape index (κ1) is 29.0. The number of hydrogen-bond donors (Lipinski definition) is 1. The van der Waals surface area contributed by atoms with Gasteiger partial charge >= 0.3 is 22.5 Å². The van der Waals surface area contributed by atoms with Crippen LogP contribution in [-0.4, -0.2) is 21.4 Å². The summed E-state index contributed by atoms with van der Waals surface area (Å²) in [6.45, 7) is -0.0656. The molecular formula is C14H16Cl4MnN2O4. The Bertz CT molecular complexity index is 699. The molecule has 0 aliphatic carbocycles. The number of carbonyl (C=O) groups excluding carboxylic acids is 1. The molecule has 0 fully saturated rings. The molecule has 0 atom stereocenters. The number of aldehydes is 1. The van der Waals surface area contributed by atoms with Gasteiger partial charge in [0.05, 0.1) is 16.7 Å². The molecule has 25 heavy (non-hydrogen) atoms. The van der Waals surface area contributed by atoms with Crippen LogP contribution in [-0.2, 0) is 29.1 Å². The number of aromatic nitrogens is 2. The average Bonchev–Trinajstić information content (AvgIpc) is 2.54. The number of pyridine rings is 2. The molecule has 11 heteroatoms. The number of hydrogen-bond acceptors (Lipinski definition) is 6. The van der Waals surface area contributed by atoms with Crippen LogP contribution in [0.15, 0.2) is 24.5 Å². The normalized spacial score (nSPS) is 8.20. The predicted octanol–water partition coefficient (Wildman–Crippen LogP) is 5.11. The third-order valence-corrected chi connectivity index (χ3v) is 3.36. The monoisotopic (exact) mass is 471 g/mol. The summed E-state index contributed by atoms with van der Waals surface area (Å²) in [7, 11) is 0. The average molecular weight is 473 g/mol. The fourth-order valence-corrected chi connectivity index (χ4v) is 1.62. The number of halogens is 4. The Balaban J connectivity index is -0.000000313. The number of rotatable bonds is 2. The second kappa shape index (κ2) is 16.7. The van der Waals surface area contributed by atoms with Gasteiger partial charge in [0.15, 0.2) is 6.29 Å². The third kappa shape index (κ3) is 12.2. The number of nitrogens with zero attached hydrogens (tertiary/aromatic N) is 2. The van der Waals surface area contributed by atoms with Crippen molar-refractivity contribution in [3.05, 3.63) is 56.0 Å². The van der Waals surface area contributed by atoms with Crippen LogP contribution in [0.3, 0.4) is 0 Å². The first-order chi connectivity index (χ1) is 10.9. The summed E-state index contributed by atoms with van der Waals surface area (Å²) in [4.78, 5) is 17.5. The Hall–Kier alpha value is -0.791. The van der Waals surface area contributed by atoms with Crippen LogP contribution in [0.4, 0.5) is 0 Å². The molecular weight excluding hydrogens is 457 g/mol.